The average molecular weight is 263 g/mol. The Morgan fingerprint density at radius 2 is 1.63 bits per heavy atom. The first-order chi connectivity index (χ1) is 9.13. The second kappa shape index (κ2) is 7.20. The van der Waals surface area contributed by atoms with Crippen molar-refractivity contribution in [1.29, 1.82) is 0 Å². The number of hydrogen-bond donors (Lipinski definition) is 0. The Kier molecular flexibility index (Phi) is 5.60. The highest BCUT2D eigenvalue weighted by Crippen LogP contribution is 2.15. The first kappa shape index (κ1) is 14.8. The van der Waals surface area contributed by atoms with Crippen LogP contribution in [0.25, 0.3) is 0 Å². The number of anilines is 1. The molecule has 102 valence electrons. The zero-order valence-corrected chi connectivity index (χ0v) is 11.3. The van der Waals surface area contributed by atoms with Gasteiger partial charge in [0.1, 0.15) is 0 Å². The average Bonchev–Trinajstić information content (AvgIpc) is 2.48. The quantitative estimate of drug-likeness (QED) is 0.350. The molecule has 0 spiro atoms. The van der Waals surface area contributed by atoms with E-state index in [1.165, 1.54) is 20.4 Å². The van der Waals surface area contributed by atoms with Gasteiger partial charge in [0.15, 0.2) is 5.57 Å². The molecule has 0 saturated heterocycles. The first-order valence-electron chi connectivity index (χ1n) is 5.84. The molecule has 1 aromatic rings. The molecule has 0 aromatic heterocycles. The van der Waals surface area contributed by atoms with Gasteiger partial charge in [0.2, 0.25) is 0 Å². The SMILES string of the molecule is CCN(C=C(C(=O)OC)C(=O)OC)c1ccccc1. The smallest absolute Gasteiger partial charge is 0.346 e. The van der Waals surface area contributed by atoms with Gasteiger partial charge in [-0.2, -0.15) is 0 Å². The zero-order chi connectivity index (χ0) is 14.3. The molecule has 0 aliphatic carbocycles. The highest BCUT2D eigenvalue weighted by molar-refractivity contribution is 6.14. The number of rotatable bonds is 5. The Morgan fingerprint density at radius 1 is 1.11 bits per heavy atom. The van der Waals surface area contributed by atoms with E-state index in [4.69, 9.17) is 0 Å². The van der Waals surface area contributed by atoms with Crippen LogP contribution < -0.4 is 4.90 Å². The molecular weight excluding hydrogens is 246 g/mol. The fraction of sp³-hybridized carbons (Fsp3) is 0.286. The predicted molar refractivity (Wildman–Crippen MR) is 71.6 cm³/mol. The second-order valence-corrected chi connectivity index (χ2v) is 3.65. The van der Waals surface area contributed by atoms with Gasteiger partial charge in [-0.1, -0.05) is 18.2 Å². The summed E-state index contributed by atoms with van der Waals surface area (Å²) >= 11 is 0. The highest BCUT2D eigenvalue weighted by Gasteiger charge is 2.21. The summed E-state index contributed by atoms with van der Waals surface area (Å²) in [5.41, 5.74) is 0.728. The number of nitrogens with zero attached hydrogens (tertiary/aromatic N) is 1. The van der Waals surface area contributed by atoms with Crippen molar-refractivity contribution in [1.82, 2.24) is 0 Å². The van der Waals surface area contributed by atoms with Crippen molar-refractivity contribution in [2.75, 3.05) is 25.7 Å². The third-order valence-electron chi connectivity index (χ3n) is 2.52. The molecule has 5 heteroatoms. The van der Waals surface area contributed by atoms with E-state index in [1.807, 2.05) is 37.3 Å². The molecule has 0 heterocycles. The number of para-hydroxylation sites is 1. The van der Waals surface area contributed by atoms with Crippen LogP contribution in [0.2, 0.25) is 0 Å². The maximum atomic E-state index is 11.6. The molecule has 0 amide bonds. The molecule has 0 saturated carbocycles. The molecular formula is C14H17NO4. The van der Waals surface area contributed by atoms with E-state index in [9.17, 15) is 9.59 Å². The van der Waals surface area contributed by atoms with Crippen LogP contribution in [0, 0.1) is 0 Å². The van der Waals surface area contributed by atoms with Crippen LogP contribution in [-0.2, 0) is 19.1 Å². The number of carbonyl (C=O) groups is 2. The molecule has 1 rings (SSSR count). The van der Waals surface area contributed by atoms with E-state index in [-0.39, 0.29) is 5.57 Å². The molecule has 0 radical (unpaired) electrons. The van der Waals surface area contributed by atoms with Gasteiger partial charge >= 0.3 is 11.9 Å². The minimum atomic E-state index is -0.721. The Balaban J connectivity index is 3.11. The van der Waals surface area contributed by atoms with Gasteiger partial charge in [-0.15, -0.1) is 0 Å². The minimum Gasteiger partial charge on any atom is -0.465 e. The summed E-state index contributed by atoms with van der Waals surface area (Å²) in [6.45, 7) is 2.51. The molecule has 19 heavy (non-hydrogen) atoms. The van der Waals surface area contributed by atoms with Gasteiger partial charge in [-0.05, 0) is 19.1 Å². The summed E-state index contributed by atoms with van der Waals surface area (Å²) in [6.07, 6.45) is 1.44. The van der Waals surface area contributed by atoms with Gasteiger partial charge in [0.25, 0.3) is 0 Å². The van der Waals surface area contributed by atoms with Crippen molar-refractivity contribution in [3.05, 3.63) is 42.1 Å². The summed E-state index contributed by atoms with van der Waals surface area (Å²) in [5, 5.41) is 0. The van der Waals surface area contributed by atoms with Crippen molar-refractivity contribution in [3.8, 4) is 0 Å². The van der Waals surface area contributed by atoms with Crippen molar-refractivity contribution in [2.24, 2.45) is 0 Å². The van der Waals surface area contributed by atoms with E-state index < -0.39 is 11.9 Å². The van der Waals surface area contributed by atoms with Crippen molar-refractivity contribution in [2.45, 2.75) is 6.92 Å². The second-order valence-electron chi connectivity index (χ2n) is 3.65. The zero-order valence-electron chi connectivity index (χ0n) is 11.3. The molecule has 0 atom stereocenters. The minimum absolute atomic E-state index is 0.143. The molecule has 1 aromatic carbocycles. The lowest BCUT2D eigenvalue weighted by molar-refractivity contribution is -0.144. The van der Waals surface area contributed by atoms with Crippen LogP contribution >= 0.6 is 0 Å². The molecule has 0 bridgehead atoms. The maximum absolute atomic E-state index is 11.6. The molecule has 0 unspecified atom stereocenters. The van der Waals surface area contributed by atoms with Crippen LogP contribution in [0.1, 0.15) is 6.92 Å². The summed E-state index contributed by atoms with van der Waals surface area (Å²) in [4.78, 5) is 24.9. The Morgan fingerprint density at radius 3 is 2.05 bits per heavy atom. The van der Waals surface area contributed by atoms with Gasteiger partial charge in [0, 0.05) is 18.4 Å². The number of methoxy groups -OCH3 is 2. The van der Waals surface area contributed by atoms with Crippen LogP contribution in [-0.4, -0.2) is 32.7 Å². The van der Waals surface area contributed by atoms with Gasteiger partial charge in [-0.3, -0.25) is 0 Å². The van der Waals surface area contributed by atoms with Crippen LogP contribution in [0.3, 0.4) is 0 Å². The molecule has 0 N–H and O–H groups in total. The van der Waals surface area contributed by atoms with Crippen molar-refractivity contribution in [3.63, 3.8) is 0 Å². The lowest BCUT2D eigenvalue weighted by atomic mass is 10.2. The van der Waals surface area contributed by atoms with Crippen LogP contribution in [0.5, 0.6) is 0 Å². The van der Waals surface area contributed by atoms with E-state index in [1.54, 1.807) is 4.90 Å². The summed E-state index contributed by atoms with van der Waals surface area (Å²) in [7, 11) is 2.44. The summed E-state index contributed by atoms with van der Waals surface area (Å²) < 4.78 is 9.16. The molecule has 0 aliphatic rings. The summed E-state index contributed by atoms with van der Waals surface area (Å²) in [5.74, 6) is -1.44. The number of benzene rings is 1. The van der Waals surface area contributed by atoms with Gasteiger partial charge in [-0.25, -0.2) is 9.59 Å². The lowest BCUT2D eigenvalue weighted by Gasteiger charge is -2.19. The number of ether oxygens (including phenoxy) is 2. The van der Waals surface area contributed by atoms with E-state index in [0.717, 1.165) is 5.69 Å². The summed E-state index contributed by atoms with van der Waals surface area (Å²) in [6, 6.07) is 9.41. The van der Waals surface area contributed by atoms with Crippen LogP contribution in [0.15, 0.2) is 42.1 Å². The number of esters is 2. The van der Waals surface area contributed by atoms with E-state index >= 15 is 0 Å². The standard InChI is InChI=1S/C14H17NO4/c1-4-15(11-8-6-5-7-9-11)10-12(13(16)18-2)14(17)19-3/h5-10H,4H2,1-3H3. The van der Waals surface area contributed by atoms with E-state index in [0.29, 0.717) is 6.54 Å². The van der Waals surface area contributed by atoms with Crippen molar-refractivity contribution < 1.29 is 19.1 Å². The van der Waals surface area contributed by atoms with E-state index in [2.05, 4.69) is 9.47 Å². The lowest BCUT2D eigenvalue weighted by Crippen LogP contribution is -2.23. The van der Waals surface area contributed by atoms with Crippen LogP contribution in [0.4, 0.5) is 5.69 Å². The molecule has 5 nitrogen and oxygen atoms in total. The monoisotopic (exact) mass is 263 g/mol. The number of carbonyl (C=O) groups excluding carboxylic acids is 2. The highest BCUT2D eigenvalue weighted by atomic mass is 16.5. The Labute approximate surface area is 112 Å². The predicted octanol–water partition coefficient (Wildman–Crippen LogP) is 1.74. The first-order valence-corrected chi connectivity index (χ1v) is 5.84. The van der Waals surface area contributed by atoms with Gasteiger partial charge < -0.3 is 14.4 Å². The fourth-order valence-electron chi connectivity index (χ4n) is 1.53. The Bertz CT molecular complexity index is 450. The maximum Gasteiger partial charge on any atom is 0.346 e. The third kappa shape index (κ3) is 3.84. The van der Waals surface area contributed by atoms with Crippen molar-refractivity contribution >= 4 is 17.6 Å². The normalized spacial score (nSPS) is 9.42. The topological polar surface area (TPSA) is 55.8 Å². The third-order valence-corrected chi connectivity index (χ3v) is 2.52. The fourth-order valence-corrected chi connectivity index (χ4v) is 1.53. The number of hydrogen-bond acceptors (Lipinski definition) is 5. The largest absolute Gasteiger partial charge is 0.465 e. The Hall–Kier alpha value is -2.30. The molecule has 0 fully saturated rings. The van der Waals surface area contributed by atoms with Gasteiger partial charge in [0.05, 0.1) is 14.2 Å². The molecule has 0 aliphatic heterocycles.